The molecular weight excluding hydrogens is 570 g/mol. The Morgan fingerprint density at radius 1 is 0.773 bits per heavy atom. The number of nitrogens with zero attached hydrogens (tertiary/aromatic N) is 2. The van der Waals surface area contributed by atoms with Gasteiger partial charge in [-0.3, -0.25) is 19.2 Å². The quantitative estimate of drug-likeness (QED) is 0.118. The van der Waals surface area contributed by atoms with Crippen LogP contribution in [0, 0.1) is 11.8 Å². The molecular formula is C29H45N9O6. The third kappa shape index (κ3) is 10.8. The van der Waals surface area contributed by atoms with Crippen LogP contribution in [0.15, 0.2) is 25.0 Å². The fourth-order valence-electron chi connectivity index (χ4n) is 5.05. The zero-order valence-corrected chi connectivity index (χ0v) is 25.7. The van der Waals surface area contributed by atoms with Crippen molar-refractivity contribution in [1.29, 1.82) is 0 Å². The number of carbonyl (C=O) groups is 5. The number of hydrogen-bond acceptors (Lipinski definition) is 8. The number of hydrogen-bond donors (Lipinski definition) is 8. The second-order valence-corrected chi connectivity index (χ2v) is 12.1. The monoisotopic (exact) mass is 615 g/mol. The lowest BCUT2D eigenvalue weighted by Gasteiger charge is -2.27. The fourth-order valence-corrected chi connectivity index (χ4v) is 5.05. The van der Waals surface area contributed by atoms with Crippen LogP contribution in [-0.4, -0.2) is 91.4 Å². The Morgan fingerprint density at radius 3 is 1.70 bits per heavy atom. The van der Waals surface area contributed by atoms with Gasteiger partial charge in [0.25, 0.3) is 0 Å². The highest BCUT2D eigenvalue weighted by Crippen LogP contribution is 2.12. The van der Waals surface area contributed by atoms with E-state index in [0.717, 1.165) is 13.0 Å². The average molecular weight is 616 g/mol. The molecule has 1 aliphatic rings. The summed E-state index contributed by atoms with van der Waals surface area (Å²) in [5, 5.41) is 23.7. The van der Waals surface area contributed by atoms with Crippen LogP contribution in [0.1, 0.15) is 64.8 Å². The van der Waals surface area contributed by atoms with Crippen molar-refractivity contribution in [1.82, 2.24) is 46.5 Å². The van der Waals surface area contributed by atoms with E-state index in [1.807, 2.05) is 27.7 Å². The summed E-state index contributed by atoms with van der Waals surface area (Å²) in [6.45, 7) is 8.40. The maximum absolute atomic E-state index is 13.7. The van der Waals surface area contributed by atoms with Crippen molar-refractivity contribution in [3.05, 3.63) is 36.4 Å². The minimum absolute atomic E-state index is 0.00226. The standard InChI is InChI=1S/C29H45N9O6/c1-16(2)8-21(35-25(39)20-6-5-7-32-20)26(40)36-22(9-17(3)4)27(41)37-23(10-18-12-30-14-33-18)28(42)38-24(29(43)44)11-19-13-31-15-34-19/h12-17,20-24,32H,5-11H2,1-4H3,(H,30,33)(H,31,34)(H,35,39)(H,36,40)(H,37,41)(H,38,42)(H,43,44)/t20-,21-,22-,23-,24-/m0/s1. The van der Waals surface area contributed by atoms with E-state index in [-0.39, 0.29) is 43.0 Å². The van der Waals surface area contributed by atoms with Gasteiger partial charge in [0.1, 0.15) is 24.2 Å². The first-order valence-electron chi connectivity index (χ1n) is 15.0. The molecule has 4 amide bonds. The van der Waals surface area contributed by atoms with Gasteiger partial charge in [0.15, 0.2) is 0 Å². The van der Waals surface area contributed by atoms with E-state index in [4.69, 9.17) is 0 Å². The zero-order chi connectivity index (χ0) is 32.2. The Morgan fingerprint density at radius 2 is 1.25 bits per heavy atom. The highest BCUT2D eigenvalue weighted by molar-refractivity contribution is 5.95. The maximum atomic E-state index is 13.7. The molecule has 242 valence electrons. The fraction of sp³-hybridized carbons (Fsp3) is 0.621. The normalized spacial score (nSPS) is 17.5. The van der Waals surface area contributed by atoms with Gasteiger partial charge in [0, 0.05) is 36.6 Å². The van der Waals surface area contributed by atoms with Crippen molar-refractivity contribution < 1.29 is 29.1 Å². The van der Waals surface area contributed by atoms with E-state index in [0.29, 0.717) is 24.2 Å². The molecule has 3 heterocycles. The third-order valence-electron chi connectivity index (χ3n) is 7.26. The smallest absolute Gasteiger partial charge is 0.326 e. The van der Waals surface area contributed by atoms with Crippen molar-refractivity contribution in [3.8, 4) is 0 Å². The molecule has 44 heavy (non-hydrogen) atoms. The average Bonchev–Trinajstić information content (AvgIpc) is 3.75. The van der Waals surface area contributed by atoms with Gasteiger partial charge in [-0.25, -0.2) is 14.8 Å². The predicted octanol–water partition coefficient (Wildman–Crippen LogP) is -0.214. The molecule has 1 saturated heterocycles. The number of aromatic amines is 2. The molecule has 0 aliphatic carbocycles. The number of carboxylic acid groups (broad SMARTS) is 1. The molecule has 5 atom stereocenters. The van der Waals surface area contributed by atoms with Crippen LogP contribution in [0.25, 0.3) is 0 Å². The number of aromatic nitrogens is 4. The number of carboxylic acids is 1. The van der Waals surface area contributed by atoms with E-state index in [9.17, 15) is 29.1 Å². The molecule has 8 N–H and O–H groups in total. The topological polar surface area (TPSA) is 223 Å². The van der Waals surface area contributed by atoms with Crippen molar-refractivity contribution >= 4 is 29.6 Å². The Balaban J connectivity index is 1.76. The van der Waals surface area contributed by atoms with Gasteiger partial charge in [0.2, 0.25) is 23.6 Å². The number of carbonyl (C=O) groups excluding carboxylic acids is 4. The van der Waals surface area contributed by atoms with Gasteiger partial charge >= 0.3 is 5.97 Å². The molecule has 2 aromatic rings. The summed E-state index contributed by atoms with van der Waals surface area (Å²) < 4.78 is 0. The van der Waals surface area contributed by atoms with E-state index in [1.54, 1.807) is 0 Å². The van der Waals surface area contributed by atoms with Crippen molar-refractivity contribution in [2.45, 2.75) is 96.4 Å². The van der Waals surface area contributed by atoms with Crippen LogP contribution in [-0.2, 0) is 36.8 Å². The molecule has 0 saturated carbocycles. The molecule has 15 nitrogen and oxygen atoms in total. The highest BCUT2D eigenvalue weighted by Gasteiger charge is 2.33. The van der Waals surface area contributed by atoms with Crippen LogP contribution in [0.4, 0.5) is 0 Å². The van der Waals surface area contributed by atoms with Crippen LogP contribution in [0.5, 0.6) is 0 Å². The minimum Gasteiger partial charge on any atom is -0.480 e. The second kappa shape index (κ2) is 16.5. The molecule has 15 heteroatoms. The summed E-state index contributed by atoms with van der Waals surface area (Å²) in [6.07, 6.45) is 7.94. The minimum atomic E-state index is -1.29. The third-order valence-corrected chi connectivity index (χ3v) is 7.26. The summed E-state index contributed by atoms with van der Waals surface area (Å²) in [6, 6.07) is -4.70. The molecule has 3 rings (SSSR count). The van der Waals surface area contributed by atoms with Crippen molar-refractivity contribution in [2.75, 3.05) is 6.54 Å². The van der Waals surface area contributed by atoms with E-state index in [2.05, 4.69) is 46.5 Å². The Labute approximate surface area is 256 Å². The van der Waals surface area contributed by atoms with E-state index in [1.165, 1.54) is 25.0 Å². The summed E-state index contributed by atoms with van der Waals surface area (Å²) in [4.78, 5) is 78.8. The zero-order valence-electron chi connectivity index (χ0n) is 25.7. The van der Waals surface area contributed by atoms with Gasteiger partial charge < -0.3 is 41.7 Å². The lowest BCUT2D eigenvalue weighted by Crippen LogP contribution is -2.59. The molecule has 1 fully saturated rings. The van der Waals surface area contributed by atoms with Crippen LogP contribution < -0.4 is 26.6 Å². The SMILES string of the molecule is CC(C)C[C@H](NC(=O)[C@@H]1CCCN1)C(=O)N[C@@H](CC(C)C)C(=O)N[C@@H](Cc1cnc[nH]1)C(=O)N[C@@H](Cc1cnc[nH]1)C(=O)O. The Kier molecular flexibility index (Phi) is 12.9. The number of H-pyrrole nitrogens is 2. The molecule has 0 spiro atoms. The highest BCUT2D eigenvalue weighted by atomic mass is 16.4. The Hall–Kier alpha value is -4.27. The number of nitrogens with one attached hydrogen (secondary N) is 7. The van der Waals surface area contributed by atoms with Crippen molar-refractivity contribution in [2.24, 2.45) is 11.8 Å². The molecule has 1 aliphatic heterocycles. The van der Waals surface area contributed by atoms with Gasteiger partial charge in [-0.05, 0) is 44.1 Å². The van der Waals surface area contributed by atoms with Crippen LogP contribution in [0.2, 0.25) is 0 Å². The molecule has 0 aromatic carbocycles. The maximum Gasteiger partial charge on any atom is 0.326 e. The van der Waals surface area contributed by atoms with Gasteiger partial charge in [-0.2, -0.15) is 0 Å². The van der Waals surface area contributed by atoms with Gasteiger partial charge in [-0.15, -0.1) is 0 Å². The molecule has 0 radical (unpaired) electrons. The number of imidazole rings is 2. The van der Waals surface area contributed by atoms with Crippen molar-refractivity contribution in [3.63, 3.8) is 0 Å². The van der Waals surface area contributed by atoms with Gasteiger partial charge in [-0.1, -0.05) is 27.7 Å². The van der Waals surface area contributed by atoms with E-state index < -0.39 is 47.9 Å². The largest absolute Gasteiger partial charge is 0.480 e. The predicted molar refractivity (Wildman–Crippen MR) is 160 cm³/mol. The first kappa shape index (κ1) is 34.2. The lowest BCUT2D eigenvalue weighted by molar-refractivity contribution is -0.142. The Bertz CT molecular complexity index is 1230. The van der Waals surface area contributed by atoms with E-state index >= 15 is 0 Å². The number of amides is 4. The summed E-state index contributed by atoms with van der Waals surface area (Å²) in [5.41, 5.74) is 1.05. The number of aliphatic carboxylic acids is 1. The summed E-state index contributed by atoms with van der Waals surface area (Å²) in [7, 11) is 0. The van der Waals surface area contributed by atoms with Crippen LogP contribution in [0.3, 0.4) is 0 Å². The molecule has 0 unspecified atom stereocenters. The second-order valence-electron chi connectivity index (χ2n) is 12.1. The first-order chi connectivity index (χ1) is 20.9. The van der Waals surface area contributed by atoms with Gasteiger partial charge in [0.05, 0.1) is 18.7 Å². The lowest BCUT2D eigenvalue weighted by atomic mass is 9.99. The van der Waals surface area contributed by atoms with Crippen LogP contribution >= 0.6 is 0 Å². The number of rotatable bonds is 17. The molecule has 0 bridgehead atoms. The summed E-state index contributed by atoms with van der Waals surface area (Å²) in [5.74, 6) is -3.25. The molecule has 2 aromatic heterocycles. The summed E-state index contributed by atoms with van der Waals surface area (Å²) >= 11 is 0. The first-order valence-corrected chi connectivity index (χ1v) is 15.0.